The summed E-state index contributed by atoms with van der Waals surface area (Å²) in [5.41, 5.74) is 1.73. The number of rotatable bonds is 7. The number of amides is 1. The quantitative estimate of drug-likeness (QED) is 0.502. The van der Waals surface area contributed by atoms with Gasteiger partial charge in [0.1, 0.15) is 5.75 Å². The number of carbonyl (C=O) groups is 3. The van der Waals surface area contributed by atoms with Gasteiger partial charge in [-0.05, 0) is 36.8 Å². The number of pyridine rings is 1. The van der Waals surface area contributed by atoms with Crippen LogP contribution in [-0.4, -0.2) is 43.8 Å². The van der Waals surface area contributed by atoms with Crippen LogP contribution >= 0.6 is 11.6 Å². The van der Waals surface area contributed by atoms with Crippen molar-refractivity contribution >= 4 is 34.8 Å². The van der Waals surface area contributed by atoms with Crippen LogP contribution in [0.2, 0.25) is 5.15 Å². The third kappa shape index (κ3) is 4.36. The third-order valence-corrected chi connectivity index (χ3v) is 5.29. The first-order valence-electron chi connectivity index (χ1n) is 9.52. The van der Waals surface area contributed by atoms with Gasteiger partial charge in [0.05, 0.1) is 32.6 Å². The van der Waals surface area contributed by atoms with Crippen molar-refractivity contribution in [3.63, 3.8) is 0 Å². The Labute approximate surface area is 189 Å². The Morgan fingerprint density at radius 2 is 1.72 bits per heavy atom. The predicted molar refractivity (Wildman–Crippen MR) is 118 cm³/mol. The lowest BCUT2D eigenvalue weighted by molar-refractivity contribution is -0.121. The van der Waals surface area contributed by atoms with Gasteiger partial charge in [0.15, 0.2) is 5.15 Å². The first kappa shape index (κ1) is 23.0. The van der Waals surface area contributed by atoms with Gasteiger partial charge in [0, 0.05) is 23.8 Å². The molecule has 0 saturated carbocycles. The van der Waals surface area contributed by atoms with Gasteiger partial charge in [-0.25, -0.2) is 4.98 Å². The monoisotopic (exact) mass is 456 g/mol. The van der Waals surface area contributed by atoms with Crippen molar-refractivity contribution in [1.82, 2.24) is 4.98 Å². The highest BCUT2D eigenvalue weighted by Gasteiger charge is 2.34. The van der Waals surface area contributed by atoms with Crippen LogP contribution in [0.15, 0.2) is 59.2 Å². The van der Waals surface area contributed by atoms with Crippen molar-refractivity contribution in [3.8, 4) is 5.75 Å². The van der Waals surface area contributed by atoms with E-state index >= 15 is 0 Å². The van der Waals surface area contributed by atoms with Crippen molar-refractivity contribution in [1.29, 1.82) is 0 Å². The minimum atomic E-state index is -0.463. The number of aromatic nitrogens is 1. The number of methoxy groups -OCH3 is 3. The van der Waals surface area contributed by atoms with Crippen LogP contribution in [0.1, 0.15) is 22.8 Å². The summed E-state index contributed by atoms with van der Waals surface area (Å²) in [6.45, 7) is 1.56. The molecule has 2 aromatic rings. The zero-order valence-corrected chi connectivity index (χ0v) is 18.7. The minimum absolute atomic E-state index is 0.109. The molecule has 8 nitrogen and oxygen atoms in total. The molecule has 3 rings (SSSR count). The molecular weight excluding hydrogens is 436 g/mol. The first-order valence-corrected chi connectivity index (χ1v) is 9.90. The normalized spacial score (nSPS) is 13.9. The van der Waals surface area contributed by atoms with Gasteiger partial charge in [-0.2, -0.15) is 0 Å². The zero-order chi connectivity index (χ0) is 23.4. The van der Waals surface area contributed by atoms with Gasteiger partial charge in [0.2, 0.25) is 23.1 Å². The Morgan fingerprint density at radius 3 is 2.34 bits per heavy atom. The summed E-state index contributed by atoms with van der Waals surface area (Å²) in [5, 5.41) is 2.84. The molecule has 1 aliphatic rings. The van der Waals surface area contributed by atoms with E-state index in [0.717, 1.165) is 0 Å². The summed E-state index contributed by atoms with van der Waals surface area (Å²) in [6.07, 6.45) is 1.62. The lowest BCUT2D eigenvalue weighted by atomic mass is 9.88. The second kappa shape index (κ2) is 9.65. The molecule has 0 spiro atoms. The number of ketones is 2. The smallest absolute Gasteiger partial charge is 0.259 e. The van der Waals surface area contributed by atoms with Gasteiger partial charge in [-0.3, -0.25) is 14.4 Å². The molecule has 166 valence electrons. The minimum Gasteiger partial charge on any atom is -0.496 e. The molecule has 0 unspecified atom stereocenters. The standard InChI is InChI=1S/C23H21ClN2O6/c1-12-14(19(28)21(32-4)20(31-3)18(12)27)10-13-7-8-17(30-2)15(11-13)23(29)26-16-6-5-9-25-22(16)24/h5-9,11H,10H2,1-4H3,(H,26,29). The van der Waals surface area contributed by atoms with Gasteiger partial charge in [0.25, 0.3) is 5.91 Å². The Morgan fingerprint density at radius 1 is 1.03 bits per heavy atom. The van der Waals surface area contributed by atoms with Crippen LogP contribution in [0.25, 0.3) is 0 Å². The Hall–Kier alpha value is -3.65. The lowest BCUT2D eigenvalue weighted by Gasteiger charge is -2.20. The van der Waals surface area contributed by atoms with Gasteiger partial charge >= 0.3 is 0 Å². The molecule has 0 saturated heterocycles. The number of hydrogen-bond acceptors (Lipinski definition) is 7. The van der Waals surface area contributed by atoms with Gasteiger partial charge in [-0.15, -0.1) is 0 Å². The maximum atomic E-state index is 12.9. The van der Waals surface area contributed by atoms with E-state index in [0.29, 0.717) is 17.0 Å². The third-order valence-electron chi connectivity index (χ3n) is 4.99. The molecule has 1 N–H and O–H groups in total. The highest BCUT2D eigenvalue weighted by Crippen LogP contribution is 2.30. The maximum absolute atomic E-state index is 12.9. The van der Waals surface area contributed by atoms with Crippen molar-refractivity contribution in [2.24, 2.45) is 0 Å². The molecular formula is C23H21ClN2O6. The Balaban J connectivity index is 1.94. The first-order chi connectivity index (χ1) is 15.3. The van der Waals surface area contributed by atoms with E-state index in [-0.39, 0.29) is 39.8 Å². The summed E-state index contributed by atoms with van der Waals surface area (Å²) in [6, 6.07) is 8.19. The molecule has 9 heteroatoms. The van der Waals surface area contributed by atoms with Crippen molar-refractivity contribution in [2.75, 3.05) is 26.6 Å². The highest BCUT2D eigenvalue weighted by atomic mass is 35.5. The highest BCUT2D eigenvalue weighted by molar-refractivity contribution is 6.32. The van der Waals surface area contributed by atoms with Crippen LogP contribution < -0.4 is 10.1 Å². The van der Waals surface area contributed by atoms with Crippen LogP contribution in [0.4, 0.5) is 5.69 Å². The summed E-state index contributed by atoms with van der Waals surface area (Å²) in [5.74, 6) is -1.25. The van der Waals surface area contributed by atoms with E-state index in [1.54, 1.807) is 37.3 Å². The van der Waals surface area contributed by atoms with Crippen LogP contribution in [0.5, 0.6) is 5.75 Å². The maximum Gasteiger partial charge on any atom is 0.259 e. The number of anilines is 1. The van der Waals surface area contributed by atoms with Crippen molar-refractivity contribution in [2.45, 2.75) is 13.3 Å². The van der Waals surface area contributed by atoms with Crippen molar-refractivity contribution in [3.05, 3.63) is 75.5 Å². The number of nitrogens with one attached hydrogen (secondary N) is 1. The number of halogens is 1. The number of Topliss-reactive ketones (excluding diaryl/α,β-unsaturated/α-hetero) is 2. The zero-order valence-electron chi connectivity index (χ0n) is 17.9. The van der Waals surface area contributed by atoms with E-state index in [1.165, 1.54) is 27.5 Å². The molecule has 1 amide bonds. The number of carbonyl (C=O) groups excluding carboxylic acids is 3. The Kier molecular flexibility index (Phi) is 6.95. The molecule has 0 atom stereocenters. The second-order valence-corrected chi connectivity index (χ2v) is 7.19. The van der Waals surface area contributed by atoms with E-state index in [9.17, 15) is 14.4 Å². The average Bonchev–Trinajstić information content (AvgIpc) is 2.80. The van der Waals surface area contributed by atoms with E-state index in [1.807, 2.05) is 0 Å². The second-order valence-electron chi connectivity index (χ2n) is 6.84. The number of allylic oxidation sites excluding steroid dienone is 2. The summed E-state index contributed by atoms with van der Waals surface area (Å²) >= 11 is 6.03. The molecule has 0 radical (unpaired) electrons. The predicted octanol–water partition coefficient (Wildman–Crippen LogP) is 3.51. The lowest BCUT2D eigenvalue weighted by Crippen LogP contribution is -2.26. The van der Waals surface area contributed by atoms with E-state index in [2.05, 4.69) is 10.3 Å². The SMILES string of the molecule is COC1=C(OC)C(=O)C(Cc2ccc(OC)c(C(=O)Nc3cccnc3Cl)c2)=C(C)C1=O. The molecule has 32 heavy (non-hydrogen) atoms. The average molecular weight is 457 g/mol. The Bertz CT molecular complexity index is 1170. The topological polar surface area (TPSA) is 104 Å². The summed E-state index contributed by atoms with van der Waals surface area (Å²) in [7, 11) is 4.05. The van der Waals surface area contributed by atoms with Crippen LogP contribution in [0, 0.1) is 0 Å². The number of ether oxygens (including phenoxy) is 3. The fourth-order valence-corrected chi connectivity index (χ4v) is 3.49. The van der Waals surface area contributed by atoms with Crippen LogP contribution in [0.3, 0.4) is 0 Å². The fraction of sp³-hybridized carbons (Fsp3) is 0.217. The summed E-state index contributed by atoms with van der Waals surface area (Å²) in [4.78, 5) is 42.3. The molecule has 0 aliphatic heterocycles. The number of nitrogens with zero attached hydrogens (tertiary/aromatic N) is 1. The molecule has 0 bridgehead atoms. The van der Waals surface area contributed by atoms with Gasteiger partial charge < -0.3 is 19.5 Å². The fourth-order valence-electron chi connectivity index (χ4n) is 3.32. The summed E-state index contributed by atoms with van der Waals surface area (Å²) < 4.78 is 15.5. The largest absolute Gasteiger partial charge is 0.496 e. The van der Waals surface area contributed by atoms with Gasteiger partial charge in [-0.1, -0.05) is 17.7 Å². The number of benzene rings is 1. The molecule has 1 aromatic heterocycles. The van der Waals surface area contributed by atoms with E-state index in [4.69, 9.17) is 25.8 Å². The molecule has 1 aromatic carbocycles. The molecule has 0 fully saturated rings. The van der Waals surface area contributed by atoms with Crippen LogP contribution in [-0.2, 0) is 25.5 Å². The molecule has 1 heterocycles. The number of hydrogen-bond donors (Lipinski definition) is 1. The van der Waals surface area contributed by atoms with Crippen molar-refractivity contribution < 1.29 is 28.6 Å². The van der Waals surface area contributed by atoms with E-state index < -0.39 is 17.5 Å². The molecule has 1 aliphatic carbocycles.